The van der Waals surface area contributed by atoms with Crippen molar-refractivity contribution in [3.63, 3.8) is 0 Å². The van der Waals surface area contributed by atoms with Crippen molar-refractivity contribution in [2.45, 2.75) is 0 Å². The fourth-order valence-corrected chi connectivity index (χ4v) is 1.65. The van der Waals surface area contributed by atoms with Crippen LogP contribution < -0.4 is 0 Å². The zero-order valence-electron chi connectivity index (χ0n) is 8.48. The Balaban J connectivity index is 2.55. The van der Waals surface area contributed by atoms with Crippen LogP contribution in [0.4, 0.5) is 0 Å². The summed E-state index contributed by atoms with van der Waals surface area (Å²) in [7, 11) is 0. The summed E-state index contributed by atoms with van der Waals surface area (Å²) in [6.07, 6.45) is 0. The van der Waals surface area contributed by atoms with E-state index >= 15 is 0 Å². The topological polar surface area (TPSA) is 66.0 Å². The number of carbonyl (C=O) groups is 1. The molecule has 2 rings (SSSR count). The molecule has 0 bridgehead atoms. The number of H-pyrrole nitrogens is 1. The third-order valence-electron chi connectivity index (χ3n) is 2.09. The molecule has 0 aliphatic heterocycles. The van der Waals surface area contributed by atoms with E-state index in [9.17, 15) is 4.79 Å². The van der Waals surface area contributed by atoms with Gasteiger partial charge in [-0.3, -0.25) is 0 Å². The molecular formula is C11H7ClN2O2S. The van der Waals surface area contributed by atoms with Crippen LogP contribution in [0.5, 0.6) is 0 Å². The Morgan fingerprint density at radius 1 is 1.35 bits per heavy atom. The second kappa shape index (κ2) is 4.65. The first-order valence-corrected chi connectivity index (χ1v) is 5.45. The van der Waals surface area contributed by atoms with Crippen molar-refractivity contribution in [2.24, 2.45) is 0 Å². The van der Waals surface area contributed by atoms with E-state index in [0.717, 1.165) is 5.56 Å². The fourth-order valence-electron chi connectivity index (χ4n) is 1.32. The number of rotatable bonds is 2. The summed E-state index contributed by atoms with van der Waals surface area (Å²) in [4.78, 5) is 17.6. The highest BCUT2D eigenvalue weighted by Gasteiger charge is 2.07. The third kappa shape index (κ3) is 2.69. The summed E-state index contributed by atoms with van der Waals surface area (Å²) < 4.78 is 0.228. The number of benzene rings is 1. The highest BCUT2D eigenvalue weighted by atomic mass is 35.5. The molecule has 0 spiro atoms. The summed E-state index contributed by atoms with van der Waals surface area (Å²) >= 11 is 10.7. The van der Waals surface area contributed by atoms with Gasteiger partial charge in [-0.15, -0.1) is 0 Å². The lowest BCUT2D eigenvalue weighted by Crippen LogP contribution is -2.03. The van der Waals surface area contributed by atoms with Crippen LogP contribution >= 0.6 is 23.8 Å². The Hall–Kier alpha value is -1.72. The Morgan fingerprint density at radius 3 is 2.59 bits per heavy atom. The molecule has 0 unspecified atom stereocenters. The number of hydrogen-bond acceptors (Lipinski definition) is 3. The molecule has 4 nitrogen and oxygen atoms in total. The maximum atomic E-state index is 10.9. The summed E-state index contributed by atoms with van der Waals surface area (Å²) in [6.45, 7) is 0. The van der Waals surface area contributed by atoms with E-state index in [0.29, 0.717) is 10.8 Å². The summed E-state index contributed by atoms with van der Waals surface area (Å²) in [5, 5.41) is 9.50. The van der Waals surface area contributed by atoms with Gasteiger partial charge in [-0.05, 0) is 24.3 Å². The minimum atomic E-state index is -1.08. The van der Waals surface area contributed by atoms with Crippen molar-refractivity contribution in [3.05, 3.63) is 45.7 Å². The molecule has 0 aliphatic carbocycles. The quantitative estimate of drug-likeness (QED) is 0.820. The number of aromatic amines is 1. The van der Waals surface area contributed by atoms with Crippen LogP contribution in [0.1, 0.15) is 10.5 Å². The molecule has 0 aliphatic rings. The molecule has 17 heavy (non-hydrogen) atoms. The van der Waals surface area contributed by atoms with Crippen LogP contribution in [0.2, 0.25) is 5.02 Å². The predicted molar refractivity (Wildman–Crippen MR) is 66.8 cm³/mol. The highest BCUT2D eigenvalue weighted by molar-refractivity contribution is 7.71. The minimum Gasteiger partial charge on any atom is -0.477 e. The monoisotopic (exact) mass is 266 g/mol. The molecule has 0 fully saturated rings. The minimum absolute atomic E-state index is 0.00921. The van der Waals surface area contributed by atoms with Gasteiger partial charge < -0.3 is 10.1 Å². The van der Waals surface area contributed by atoms with Crippen molar-refractivity contribution >= 4 is 29.8 Å². The summed E-state index contributed by atoms with van der Waals surface area (Å²) in [5.74, 6) is -0.666. The van der Waals surface area contributed by atoms with Gasteiger partial charge >= 0.3 is 5.97 Å². The number of halogens is 1. The molecule has 0 radical (unpaired) electrons. The smallest absolute Gasteiger partial charge is 0.352 e. The molecule has 2 aromatic rings. The van der Waals surface area contributed by atoms with Gasteiger partial charge in [0.05, 0.1) is 0 Å². The van der Waals surface area contributed by atoms with E-state index in [1.807, 2.05) is 0 Å². The van der Waals surface area contributed by atoms with Crippen LogP contribution in [0.3, 0.4) is 0 Å². The van der Waals surface area contributed by atoms with E-state index in [4.69, 9.17) is 28.9 Å². The molecule has 1 heterocycles. The second-order valence-electron chi connectivity index (χ2n) is 3.29. The van der Waals surface area contributed by atoms with E-state index in [1.165, 1.54) is 6.07 Å². The van der Waals surface area contributed by atoms with Gasteiger partial charge in [0.25, 0.3) is 0 Å². The number of nitrogens with zero attached hydrogens (tertiary/aromatic N) is 1. The average Bonchev–Trinajstić information content (AvgIpc) is 2.29. The normalized spacial score (nSPS) is 10.2. The maximum absolute atomic E-state index is 10.9. The molecule has 1 aromatic heterocycles. The molecule has 0 atom stereocenters. The van der Waals surface area contributed by atoms with Gasteiger partial charge in [0, 0.05) is 16.7 Å². The Morgan fingerprint density at radius 2 is 2.00 bits per heavy atom. The number of nitrogens with one attached hydrogen (secondary N) is 1. The SMILES string of the molecule is O=C(O)c1cc(=S)nc(-c2ccc(Cl)cc2)[nH]1. The Bertz CT molecular complexity index is 622. The van der Waals surface area contributed by atoms with Crippen LogP contribution in [0.15, 0.2) is 30.3 Å². The van der Waals surface area contributed by atoms with Gasteiger partial charge in [-0.25, -0.2) is 9.78 Å². The molecule has 1 aromatic carbocycles. The summed E-state index contributed by atoms with van der Waals surface area (Å²) in [6, 6.07) is 8.17. The number of aromatic carboxylic acids is 1. The molecule has 0 saturated carbocycles. The Labute approximate surface area is 107 Å². The van der Waals surface area contributed by atoms with Crippen LogP contribution in [-0.4, -0.2) is 21.0 Å². The maximum Gasteiger partial charge on any atom is 0.352 e. The number of aromatic nitrogens is 2. The van der Waals surface area contributed by atoms with E-state index in [-0.39, 0.29) is 10.3 Å². The van der Waals surface area contributed by atoms with E-state index in [2.05, 4.69) is 9.97 Å². The fraction of sp³-hybridized carbons (Fsp3) is 0. The number of hydrogen-bond donors (Lipinski definition) is 2. The molecular weight excluding hydrogens is 260 g/mol. The van der Waals surface area contributed by atoms with Crippen LogP contribution in [0.25, 0.3) is 11.4 Å². The average molecular weight is 267 g/mol. The van der Waals surface area contributed by atoms with Gasteiger partial charge in [0.2, 0.25) is 0 Å². The van der Waals surface area contributed by atoms with Crippen molar-refractivity contribution in [3.8, 4) is 11.4 Å². The third-order valence-corrected chi connectivity index (χ3v) is 2.55. The van der Waals surface area contributed by atoms with Crippen molar-refractivity contribution < 1.29 is 9.90 Å². The lowest BCUT2D eigenvalue weighted by Gasteiger charge is -2.03. The summed E-state index contributed by atoms with van der Waals surface area (Å²) in [5.41, 5.74) is 0.735. The zero-order valence-corrected chi connectivity index (χ0v) is 10.0. The Kier molecular flexibility index (Phi) is 3.21. The van der Waals surface area contributed by atoms with Gasteiger partial charge in [0.1, 0.15) is 16.2 Å². The molecule has 0 amide bonds. The number of carboxylic acids is 1. The lowest BCUT2D eigenvalue weighted by atomic mass is 10.2. The van der Waals surface area contributed by atoms with E-state index in [1.54, 1.807) is 24.3 Å². The van der Waals surface area contributed by atoms with Gasteiger partial charge in [-0.2, -0.15) is 0 Å². The molecule has 6 heteroatoms. The van der Waals surface area contributed by atoms with E-state index < -0.39 is 5.97 Å². The van der Waals surface area contributed by atoms with Crippen LogP contribution in [-0.2, 0) is 0 Å². The lowest BCUT2D eigenvalue weighted by molar-refractivity contribution is 0.0690. The van der Waals surface area contributed by atoms with Gasteiger partial charge in [0.15, 0.2) is 0 Å². The van der Waals surface area contributed by atoms with Crippen molar-refractivity contribution in [2.75, 3.05) is 0 Å². The van der Waals surface area contributed by atoms with Crippen LogP contribution in [0, 0.1) is 4.64 Å². The van der Waals surface area contributed by atoms with Crippen molar-refractivity contribution in [1.29, 1.82) is 0 Å². The zero-order chi connectivity index (χ0) is 12.4. The second-order valence-corrected chi connectivity index (χ2v) is 4.15. The first-order valence-electron chi connectivity index (χ1n) is 4.67. The number of carboxylic acid groups (broad SMARTS) is 1. The first-order chi connectivity index (χ1) is 8.06. The standard InChI is InChI=1S/C11H7ClN2O2S/c12-7-3-1-6(2-4-7)10-13-8(11(15)16)5-9(17)14-10/h1-5H,(H,15,16)(H,13,14,17). The predicted octanol–water partition coefficient (Wildman–Crippen LogP) is 3.16. The first kappa shape index (κ1) is 11.8. The highest BCUT2D eigenvalue weighted by Crippen LogP contribution is 2.18. The molecule has 2 N–H and O–H groups in total. The van der Waals surface area contributed by atoms with Gasteiger partial charge in [-0.1, -0.05) is 23.8 Å². The molecule has 86 valence electrons. The largest absolute Gasteiger partial charge is 0.477 e. The molecule has 0 saturated heterocycles. The van der Waals surface area contributed by atoms with Crippen molar-refractivity contribution in [1.82, 2.24) is 9.97 Å².